The molecule has 3 aromatic rings. The standard InChI is InChI=1S/C27H28BrCl2N5O3/c1-16-7-17(24-14-33(32-31-24)15-25(36)18-3-2-4-20(28)8-18)5-6-34(16)27(38)19-9-26(37)35(13-19)23-11-21(29)10-22(30)12-23/h2-4,8,10-12,14,16-17,19,25,36H,5-7,9,13,15H2,1H3/t16?,17?,19?,25-/m0/s1. The Balaban J connectivity index is 1.19. The number of hydrogen-bond donors (Lipinski definition) is 1. The number of halogens is 3. The summed E-state index contributed by atoms with van der Waals surface area (Å²) < 4.78 is 2.58. The van der Waals surface area contributed by atoms with Crippen LogP contribution in [0, 0.1) is 5.92 Å². The van der Waals surface area contributed by atoms with E-state index in [1.54, 1.807) is 27.8 Å². The second-order valence-corrected chi connectivity index (χ2v) is 11.9. The lowest BCUT2D eigenvalue weighted by Gasteiger charge is -2.38. The fourth-order valence-corrected chi connectivity index (χ4v) is 6.34. The molecule has 5 rings (SSSR count). The summed E-state index contributed by atoms with van der Waals surface area (Å²) in [5, 5.41) is 20.1. The third-order valence-corrected chi connectivity index (χ3v) is 8.29. The van der Waals surface area contributed by atoms with Crippen molar-refractivity contribution in [1.29, 1.82) is 0 Å². The molecule has 2 aliphatic heterocycles. The van der Waals surface area contributed by atoms with Crippen molar-refractivity contribution in [1.82, 2.24) is 19.9 Å². The van der Waals surface area contributed by atoms with Gasteiger partial charge in [0.2, 0.25) is 11.8 Å². The molecular formula is C27H28BrCl2N5O3. The van der Waals surface area contributed by atoms with Gasteiger partial charge in [0.25, 0.3) is 0 Å². The Hall–Kier alpha value is -2.46. The van der Waals surface area contributed by atoms with Crippen LogP contribution in [0.15, 0.2) is 53.1 Å². The van der Waals surface area contributed by atoms with Gasteiger partial charge < -0.3 is 14.9 Å². The molecule has 200 valence electrons. The van der Waals surface area contributed by atoms with Gasteiger partial charge >= 0.3 is 0 Å². The highest BCUT2D eigenvalue weighted by Gasteiger charge is 2.40. The molecule has 2 aliphatic rings. The number of benzene rings is 2. The highest BCUT2D eigenvalue weighted by Crippen LogP contribution is 2.35. The lowest BCUT2D eigenvalue weighted by molar-refractivity contribution is -0.139. The van der Waals surface area contributed by atoms with Gasteiger partial charge in [-0.1, -0.05) is 56.5 Å². The number of nitrogens with zero attached hydrogens (tertiary/aromatic N) is 5. The van der Waals surface area contributed by atoms with E-state index in [9.17, 15) is 14.7 Å². The third-order valence-electron chi connectivity index (χ3n) is 7.36. The summed E-state index contributed by atoms with van der Waals surface area (Å²) in [6.07, 6.45) is 2.88. The van der Waals surface area contributed by atoms with E-state index < -0.39 is 12.0 Å². The van der Waals surface area contributed by atoms with E-state index in [1.165, 1.54) is 0 Å². The second-order valence-electron chi connectivity index (χ2n) is 10.1. The van der Waals surface area contributed by atoms with Crippen LogP contribution in [-0.2, 0) is 16.1 Å². The molecular weight excluding hydrogens is 593 g/mol. The predicted molar refractivity (Wildman–Crippen MR) is 149 cm³/mol. The van der Waals surface area contributed by atoms with Gasteiger partial charge in [0.1, 0.15) is 0 Å². The Kier molecular flexibility index (Phi) is 8.09. The summed E-state index contributed by atoms with van der Waals surface area (Å²) in [5.74, 6) is -0.340. The highest BCUT2D eigenvalue weighted by atomic mass is 79.9. The van der Waals surface area contributed by atoms with Crippen LogP contribution in [0.1, 0.15) is 49.5 Å². The van der Waals surface area contributed by atoms with Crippen LogP contribution in [0.4, 0.5) is 5.69 Å². The van der Waals surface area contributed by atoms with Crippen molar-refractivity contribution in [3.63, 3.8) is 0 Å². The van der Waals surface area contributed by atoms with E-state index in [1.807, 2.05) is 42.3 Å². The molecule has 8 nitrogen and oxygen atoms in total. The number of anilines is 1. The van der Waals surface area contributed by atoms with Gasteiger partial charge in [0.05, 0.1) is 24.3 Å². The van der Waals surface area contributed by atoms with Crippen LogP contribution < -0.4 is 4.90 Å². The average molecular weight is 621 g/mol. The fraction of sp³-hybridized carbons (Fsp3) is 0.407. The van der Waals surface area contributed by atoms with E-state index in [0.29, 0.717) is 35.4 Å². The van der Waals surface area contributed by atoms with Gasteiger partial charge in [-0.15, -0.1) is 5.10 Å². The van der Waals surface area contributed by atoms with Gasteiger partial charge in [0.15, 0.2) is 0 Å². The maximum absolute atomic E-state index is 13.4. The molecule has 0 aliphatic carbocycles. The molecule has 0 saturated carbocycles. The second kappa shape index (κ2) is 11.3. The van der Waals surface area contributed by atoms with Gasteiger partial charge in [-0.2, -0.15) is 0 Å². The van der Waals surface area contributed by atoms with Crippen LogP contribution in [0.3, 0.4) is 0 Å². The maximum Gasteiger partial charge on any atom is 0.228 e. The average Bonchev–Trinajstić information content (AvgIpc) is 3.49. The first-order valence-corrected chi connectivity index (χ1v) is 14.1. The van der Waals surface area contributed by atoms with Crippen LogP contribution >= 0.6 is 39.1 Å². The number of aliphatic hydroxyl groups excluding tert-OH is 1. The van der Waals surface area contributed by atoms with Crippen molar-refractivity contribution in [3.05, 3.63) is 74.4 Å². The van der Waals surface area contributed by atoms with E-state index >= 15 is 0 Å². The molecule has 1 aromatic heterocycles. The van der Waals surface area contributed by atoms with Gasteiger partial charge in [-0.3, -0.25) is 9.59 Å². The van der Waals surface area contributed by atoms with Crippen LogP contribution in [0.5, 0.6) is 0 Å². The van der Waals surface area contributed by atoms with Gasteiger partial charge in [0, 0.05) is 57.9 Å². The summed E-state index contributed by atoms with van der Waals surface area (Å²) in [6, 6.07) is 12.6. The van der Waals surface area contributed by atoms with Crippen molar-refractivity contribution in [2.45, 2.75) is 50.8 Å². The first-order valence-electron chi connectivity index (χ1n) is 12.6. The number of carbonyl (C=O) groups is 2. The van der Waals surface area contributed by atoms with Crippen molar-refractivity contribution in [3.8, 4) is 0 Å². The molecule has 0 bridgehead atoms. The number of aromatic nitrogens is 3. The number of amides is 2. The minimum atomic E-state index is -0.697. The third kappa shape index (κ3) is 5.91. The lowest BCUT2D eigenvalue weighted by Crippen LogP contribution is -2.47. The molecule has 11 heteroatoms. The maximum atomic E-state index is 13.4. The fourth-order valence-electron chi connectivity index (χ4n) is 5.41. The minimum Gasteiger partial charge on any atom is -0.386 e. The first kappa shape index (κ1) is 27.1. The quantitative estimate of drug-likeness (QED) is 0.408. The number of carbonyl (C=O) groups excluding carboxylic acids is 2. The number of rotatable bonds is 6. The van der Waals surface area contributed by atoms with E-state index in [4.69, 9.17) is 23.2 Å². The van der Waals surface area contributed by atoms with Gasteiger partial charge in [-0.05, 0) is 55.7 Å². The van der Waals surface area contributed by atoms with Crippen molar-refractivity contribution < 1.29 is 14.7 Å². The van der Waals surface area contributed by atoms with Crippen molar-refractivity contribution in [2.24, 2.45) is 5.92 Å². The Morgan fingerprint density at radius 1 is 1.21 bits per heavy atom. The Morgan fingerprint density at radius 2 is 1.97 bits per heavy atom. The smallest absolute Gasteiger partial charge is 0.228 e. The SMILES string of the molecule is CC1CC(c2cn(C[C@H](O)c3cccc(Br)c3)nn2)CCN1C(=O)C1CC(=O)N(c2cc(Cl)cc(Cl)c2)C1. The molecule has 0 spiro atoms. The Morgan fingerprint density at radius 3 is 2.68 bits per heavy atom. The topological polar surface area (TPSA) is 91.6 Å². The lowest BCUT2D eigenvalue weighted by atomic mass is 9.88. The molecule has 2 saturated heterocycles. The molecule has 4 atom stereocenters. The summed E-state index contributed by atoms with van der Waals surface area (Å²) in [4.78, 5) is 29.6. The summed E-state index contributed by atoms with van der Waals surface area (Å²) in [7, 11) is 0. The van der Waals surface area contributed by atoms with Gasteiger partial charge in [-0.25, -0.2) is 4.68 Å². The predicted octanol–water partition coefficient (Wildman–Crippen LogP) is 5.23. The monoisotopic (exact) mass is 619 g/mol. The normalized spacial score (nSPS) is 22.7. The van der Waals surface area contributed by atoms with E-state index in [-0.39, 0.29) is 30.2 Å². The zero-order valence-electron chi connectivity index (χ0n) is 20.8. The summed E-state index contributed by atoms with van der Waals surface area (Å²) in [5.41, 5.74) is 2.28. The summed E-state index contributed by atoms with van der Waals surface area (Å²) >= 11 is 15.7. The molecule has 0 radical (unpaired) electrons. The number of likely N-dealkylation sites (tertiary alicyclic amines) is 1. The Bertz CT molecular complexity index is 1330. The number of piperidine rings is 1. The molecule has 3 heterocycles. The van der Waals surface area contributed by atoms with E-state index in [2.05, 4.69) is 26.2 Å². The highest BCUT2D eigenvalue weighted by molar-refractivity contribution is 9.10. The zero-order chi connectivity index (χ0) is 27.0. The zero-order valence-corrected chi connectivity index (χ0v) is 23.9. The van der Waals surface area contributed by atoms with E-state index in [0.717, 1.165) is 28.6 Å². The number of aliphatic hydroxyl groups is 1. The van der Waals surface area contributed by atoms with Crippen molar-refractivity contribution in [2.75, 3.05) is 18.0 Å². The van der Waals surface area contributed by atoms with Crippen LogP contribution in [0.25, 0.3) is 0 Å². The molecule has 38 heavy (non-hydrogen) atoms. The molecule has 2 fully saturated rings. The molecule has 3 unspecified atom stereocenters. The summed E-state index contributed by atoms with van der Waals surface area (Å²) in [6.45, 7) is 3.25. The molecule has 2 amide bonds. The van der Waals surface area contributed by atoms with Crippen LogP contribution in [0.2, 0.25) is 10.0 Å². The molecule has 2 aromatic carbocycles. The van der Waals surface area contributed by atoms with Crippen LogP contribution in [-0.4, -0.2) is 55.9 Å². The largest absolute Gasteiger partial charge is 0.386 e. The number of hydrogen-bond acceptors (Lipinski definition) is 5. The first-order chi connectivity index (χ1) is 18.2. The minimum absolute atomic E-state index is 0.000670. The molecule has 1 N–H and O–H groups in total. The Labute approximate surface area is 239 Å². The van der Waals surface area contributed by atoms with Crippen molar-refractivity contribution >= 4 is 56.6 Å².